The van der Waals surface area contributed by atoms with Gasteiger partial charge in [-0.2, -0.15) is 5.10 Å². The first-order valence-corrected chi connectivity index (χ1v) is 6.05. The van der Waals surface area contributed by atoms with E-state index in [4.69, 9.17) is 16.3 Å². The molecular weight excluding hydrogens is 226 g/mol. The van der Waals surface area contributed by atoms with Crippen LogP contribution >= 0.6 is 11.6 Å². The zero-order valence-electron chi connectivity index (χ0n) is 10.0. The topological polar surface area (TPSA) is 30.3 Å². The second-order valence-electron chi connectivity index (χ2n) is 3.72. The molecule has 0 aliphatic carbocycles. The predicted octanol–water partition coefficient (Wildman–Crippen LogP) is 1.15. The number of methoxy groups -OCH3 is 1. The maximum absolute atomic E-state index is 5.77. The van der Waals surface area contributed by atoms with Crippen LogP contribution in [-0.4, -0.2) is 53.9 Å². The molecule has 0 saturated carbocycles. The van der Waals surface area contributed by atoms with Gasteiger partial charge in [0.2, 0.25) is 0 Å². The average molecular weight is 246 g/mol. The summed E-state index contributed by atoms with van der Waals surface area (Å²) in [7, 11) is 3.69. The van der Waals surface area contributed by atoms with Crippen molar-refractivity contribution in [2.75, 3.05) is 39.2 Å². The summed E-state index contributed by atoms with van der Waals surface area (Å²) >= 11 is 5.77. The molecule has 0 amide bonds. The third-order valence-corrected chi connectivity index (χ3v) is 2.79. The molecule has 92 valence electrons. The Balaban J connectivity index is 2.34. The van der Waals surface area contributed by atoms with Gasteiger partial charge in [-0.1, -0.05) is 0 Å². The minimum absolute atomic E-state index is 0.662. The Morgan fingerprint density at radius 3 is 2.81 bits per heavy atom. The van der Waals surface area contributed by atoms with Crippen LogP contribution in [0, 0.1) is 0 Å². The van der Waals surface area contributed by atoms with Gasteiger partial charge in [0.05, 0.1) is 6.61 Å². The minimum atomic E-state index is 0.662. The normalized spacial score (nSPS) is 11.2. The number of hydrogen-bond donors (Lipinski definition) is 0. The molecule has 0 spiro atoms. The van der Waals surface area contributed by atoms with Gasteiger partial charge in [0.25, 0.3) is 0 Å². The summed E-state index contributed by atoms with van der Waals surface area (Å²) in [5, 5.41) is 4.15. The summed E-state index contributed by atoms with van der Waals surface area (Å²) in [6.45, 7) is 3.59. The summed E-state index contributed by atoms with van der Waals surface area (Å²) in [4.78, 5) is 2.31. The lowest BCUT2D eigenvalue weighted by Crippen LogP contribution is -2.31. The summed E-state index contributed by atoms with van der Waals surface area (Å²) in [6.07, 6.45) is 2.83. The third-order valence-electron chi connectivity index (χ3n) is 2.62. The molecule has 0 saturated heterocycles. The molecule has 1 aromatic rings. The molecule has 1 heterocycles. The number of halogens is 1. The van der Waals surface area contributed by atoms with Crippen LogP contribution in [0.15, 0.2) is 12.3 Å². The van der Waals surface area contributed by atoms with Gasteiger partial charge in [-0.05, 0) is 6.07 Å². The first-order valence-electron chi connectivity index (χ1n) is 5.52. The lowest BCUT2D eigenvalue weighted by molar-refractivity contribution is 0.151. The van der Waals surface area contributed by atoms with E-state index in [1.165, 1.54) is 5.69 Å². The van der Waals surface area contributed by atoms with Gasteiger partial charge >= 0.3 is 0 Å². The number of nitrogens with zero attached hydrogens (tertiary/aromatic N) is 3. The van der Waals surface area contributed by atoms with Gasteiger partial charge in [-0.3, -0.25) is 9.58 Å². The van der Waals surface area contributed by atoms with Gasteiger partial charge in [-0.25, -0.2) is 0 Å². The van der Waals surface area contributed by atoms with Gasteiger partial charge in [0.15, 0.2) is 0 Å². The smallest absolute Gasteiger partial charge is 0.0589 e. The van der Waals surface area contributed by atoms with Crippen LogP contribution < -0.4 is 0 Å². The molecule has 0 N–H and O–H groups in total. The summed E-state index contributed by atoms with van der Waals surface area (Å²) < 4.78 is 6.99. The number of rotatable bonds is 8. The first-order chi connectivity index (χ1) is 7.77. The lowest BCUT2D eigenvalue weighted by Gasteiger charge is -2.20. The molecule has 4 nitrogen and oxygen atoms in total. The number of aryl methyl sites for hydroxylation is 1. The van der Waals surface area contributed by atoms with Gasteiger partial charge in [0.1, 0.15) is 0 Å². The van der Waals surface area contributed by atoms with E-state index in [1.54, 1.807) is 7.11 Å². The Bertz CT molecular complexity index is 291. The summed E-state index contributed by atoms with van der Waals surface area (Å²) in [5.74, 6) is 0.662. The first kappa shape index (κ1) is 13.5. The Morgan fingerprint density at radius 1 is 1.44 bits per heavy atom. The number of hydrogen-bond acceptors (Lipinski definition) is 3. The second kappa shape index (κ2) is 7.65. The van der Waals surface area contributed by atoms with Crippen molar-refractivity contribution in [3.05, 3.63) is 18.0 Å². The van der Waals surface area contributed by atoms with Crippen molar-refractivity contribution in [3.8, 4) is 0 Å². The van der Waals surface area contributed by atoms with E-state index in [2.05, 4.69) is 16.1 Å². The lowest BCUT2D eigenvalue weighted by atomic mass is 10.3. The van der Waals surface area contributed by atoms with Crippen molar-refractivity contribution in [1.82, 2.24) is 14.7 Å². The van der Waals surface area contributed by atoms with E-state index in [0.29, 0.717) is 5.88 Å². The van der Waals surface area contributed by atoms with Crippen LogP contribution in [0.3, 0.4) is 0 Å². The highest BCUT2D eigenvalue weighted by molar-refractivity contribution is 6.18. The van der Waals surface area contributed by atoms with Crippen molar-refractivity contribution in [1.29, 1.82) is 0 Å². The zero-order chi connectivity index (χ0) is 11.8. The number of alkyl halides is 1. The molecule has 0 aromatic carbocycles. The highest BCUT2D eigenvalue weighted by Gasteiger charge is 2.05. The Labute approximate surface area is 102 Å². The van der Waals surface area contributed by atoms with E-state index >= 15 is 0 Å². The van der Waals surface area contributed by atoms with E-state index in [0.717, 1.165) is 32.7 Å². The van der Waals surface area contributed by atoms with Crippen molar-refractivity contribution in [2.45, 2.75) is 6.42 Å². The van der Waals surface area contributed by atoms with Crippen LogP contribution in [0.1, 0.15) is 5.69 Å². The molecule has 0 radical (unpaired) electrons. The molecule has 0 bridgehead atoms. The standard InChI is InChI=1S/C11H20ClN3O/c1-14-11(3-6-13-14)4-7-15(8-5-12)9-10-16-2/h3,6H,4-5,7-10H2,1-2H3. The van der Waals surface area contributed by atoms with Gasteiger partial charge in [0, 0.05) is 58.0 Å². The minimum Gasteiger partial charge on any atom is -0.383 e. The maximum Gasteiger partial charge on any atom is 0.0589 e. The Kier molecular flexibility index (Phi) is 6.45. The van der Waals surface area contributed by atoms with Crippen molar-refractivity contribution in [3.63, 3.8) is 0 Å². The zero-order valence-corrected chi connectivity index (χ0v) is 10.8. The van der Waals surface area contributed by atoms with Crippen LogP contribution in [0.2, 0.25) is 0 Å². The highest BCUT2D eigenvalue weighted by Crippen LogP contribution is 2.00. The molecule has 1 aromatic heterocycles. The molecule has 16 heavy (non-hydrogen) atoms. The Morgan fingerprint density at radius 2 is 2.25 bits per heavy atom. The molecule has 0 aliphatic heterocycles. The molecule has 5 heteroatoms. The largest absolute Gasteiger partial charge is 0.383 e. The molecular formula is C11H20ClN3O. The van der Waals surface area contributed by atoms with Crippen molar-refractivity contribution < 1.29 is 4.74 Å². The van der Waals surface area contributed by atoms with Crippen molar-refractivity contribution >= 4 is 11.6 Å². The SMILES string of the molecule is COCCN(CCCl)CCc1ccnn1C. The van der Waals surface area contributed by atoms with Crippen LogP contribution in [0.4, 0.5) is 0 Å². The summed E-state index contributed by atoms with van der Waals surface area (Å²) in [5.41, 5.74) is 1.25. The van der Waals surface area contributed by atoms with E-state index in [-0.39, 0.29) is 0 Å². The number of aromatic nitrogens is 2. The quantitative estimate of drug-likeness (QED) is 0.644. The molecule has 0 unspecified atom stereocenters. The molecule has 0 atom stereocenters. The van der Waals surface area contributed by atoms with Gasteiger partial charge in [-0.15, -0.1) is 11.6 Å². The fourth-order valence-electron chi connectivity index (χ4n) is 1.59. The maximum atomic E-state index is 5.77. The fraction of sp³-hybridized carbons (Fsp3) is 0.727. The van der Waals surface area contributed by atoms with E-state index in [1.807, 2.05) is 17.9 Å². The molecule has 0 fully saturated rings. The number of ether oxygens (including phenoxy) is 1. The average Bonchev–Trinajstić information content (AvgIpc) is 2.68. The Hall–Kier alpha value is -0.580. The predicted molar refractivity (Wildman–Crippen MR) is 65.9 cm³/mol. The molecule has 1 rings (SSSR count). The van der Waals surface area contributed by atoms with Crippen LogP contribution in [-0.2, 0) is 18.2 Å². The van der Waals surface area contributed by atoms with E-state index < -0.39 is 0 Å². The van der Waals surface area contributed by atoms with Crippen LogP contribution in [0.25, 0.3) is 0 Å². The van der Waals surface area contributed by atoms with Crippen molar-refractivity contribution in [2.24, 2.45) is 7.05 Å². The highest BCUT2D eigenvalue weighted by atomic mass is 35.5. The summed E-state index contributed by atoms with van der Waals surface area (Å²) in [6, 6.07) is 2.05. The fourth-order valence-corrected chi connectivity index (χ4v) is 1.83. The molecule has 0 aliphatic rings. The monoisotopic (exact) mass is 245 g/mol. The van der Waals surface area contributed by atoms with Gasteiger partial charge < -0.3 is 4.74 Å². The second-order valence-corrected chi connectivity index (χ2v) is 4.10. The van der Waals surface area contributed by atoms with E-state index in [9.17, 15) is 0 Å². The third kappa shape index (κ3) is 4.51. The van der Waals surface area contributed by atoms with Crippen LogP contribution in [0.5, 0.6) is 0 Å².